The van der Waals surface area contributed by atoms with E-state index in [1.807, 2.05) is 13.0 Å². The van der Waals surface area contributed by atoms with Gasteiger partial charge in [0.2, 0.25) is 11.8 Å². The number of carbonyl (C=O) groups is 1. The summed E-state index contributed by atoms with van der Waals surface area (Å²) < 4.78 is 18.7. The first-order valence-corrected chi connectivity index (χ1v) is 8.40. The molecule has 1 atom stereocenters. The minimum atomic E-state index is -0.264. The molecule has 0 saturated carbocycles. The van der Waals surface area contributed by atoms with E-state index in [0.29, 0.717) is 24.6 Å². The lowest BCUT2D eigenvalue weighted by atomic mass is 10.0. The number of carbonyl (C=O) groups excluding carboxylic acids is 1. The first-order chi connectivity index (χ1) is 11.6. The van der Waals surface area contributed by atoms with Gasteiger partial charge in [0.05, 0.1) is 6.04 Å². The second kappa shape index (κ2) is 7.18. The van der Waals surface area contributed by atoms with Crippen LogP contribution >= 0.6 is 11.6 Å². The van der Waals surface area contributed by atoms with Gasteiger partial charge in [0, 0.05) is 6.20 Å². The van der Waals surface area contributed by atoms with E-state index in [0.717, 1.165) is 17.5 Å². The van der Waals surface area contributed by atoms with E-state index in [-0.39, 0.29) is 23.6 Å². The van der Waals surface area contributed by atoms with Crippen LogP contribution in [0.15, 0.2) is 36.5 Å². The van der Waals surface area contributed by atoms with Crippen molar-refractivity contribution >= 4 is 23.2 Å². The Morgan fingerprint density at radius 2 is 2.12 bits per heavy atom. The van der Waals surface area contributed by atoms with Crippen LogP contribution in [0.3, 0.4) is 0 Å². The summed E-state index contributed by atoms with van der Waals surface area (Å²) in [5.74, 6) is -0.0618. The molecule has 1 amide bonds. The molecule has 24 heavy (non-hydrogen) atoms. The average Bonchev–Trinajstić information content (AvgIpc) is 2.62. The van der Waals surface area contributed by atoms with E-state index in [2.05, 4.69) is 4.98 Å². The average molecular weight is 349 g/mol. The molecule has 0 bridgehead atoms. The normalized spacial score (nSPS) is 16.5. The van der Waals surface area contributed by atoms with E-state index in [1.165, 1.54) is 12.1 Å². The van der Waals surface area contributed by atoms with Crippen molar-refractivity contribution in [2.45, 2.75) is 25.8 Å². The van der Waals surface area contributed by atoms with E-state index >= 15 is 0 Å². The van der Waals surface area contributed by atoms with Crippen LogP contribution in [0.1, 0.15) is 24.5 Å². The Kier molecular flexibility index (Phi) is 5.00. The van der Waals surface area contributed by atoms with Crippen molar-refractivity contribution in [2.75, 3.05) is 17.4 Å². The molecule has 0 radical (unpaired) electrons. The summed E-state index contributed by atoms with van der Waals surface area (Å²) in [5.41, 5.74) is 2.54. The molecule has 0 spiro atoms. The van der Waals surface area contributed by atoms with Crippen molar-refractivity contribution in [3.63, 3.8) is 0 Å². The summed E-state index contributed by atoms with van der Waals surface area (Å²) in [7, 11) is 0. The van der Waals surface area contributed by atoms with Gasteiger partial charge in [-0.3, -0.25) is 4.79 Å². The fraction of sp³-hybridized carbons (Fsp3) is 0.333. The highest BCUT2D eigenvalue weighted by atomic mass is 35.5. The molecule has 1 aliphatic rings. The van der Waals surface area contributed by atoms with Crippen LogP contribution in [0.4, 0.5) is 10.1 Å². The summed E-state index contributed by atoms with van der Waals surface area (Å²) in [6, 6.07) is 8.19. The van der Waals surface area contributed by atoms with Crippen molar-refractivity contribution in [3.05, 3.63) is 53.5 Å². The zero-order chi connectivity index (χ0) is 17.1. The molecule has 4 nitrogen and oxygen atoms in total. The fourth-order valence-corrected chi connectivity index (χ4v) is 2.98. The molecule has 3 rings (SSSR count). The third-order valence-electron chi connectivity index (χ3n) is 4.10. The predicted molar refractivity (Wildman–Crippen MR) is 91.2 cm³/mol. The van der Waals surface area contributed by atoms with Gasteiger partial charge >= 0.3 is 0 Å². The van der Waals surface area contributed by atoms with Crippen molar-refractivity contribution < 1.29 is 13.9 Å². The number of hydrogen-bond donors (Lipinski definition) is 0. The van der Waals surface area contributed by atoms with Crippen LogP contribution < -0.4 is 9.64 Å². The van der Waals surface area contributed by atoms with Gasteiger partial charge in [0.15, 0.2) is 0 Å². The summed E-state index contributed by atoms with van der Waals surface area (Å²) in [4.78, 5) is 18.3. The second-order valence-electron chi connectivity index (χ2n) is 5.74. The summed E-state index contributed by atoms with van der Waals surface area (Å²) >= 11 is 5.77. The number of fused-ring (bicyclic) bond motifs is 1. The highest BCUT2D eigenvalue weighted by Crippen LogP contribution is 2.34. The molecule has 0 fully saturated rings. The number of hydrogen-bond acceptors (Lipinski definition) is 3. The zero-order valence-electron chi connectivity index (χ0n) is 13.3. The molecular weight excluding hydrogens is 331 g/mol. The van der Waals surface area contributed by atoms with E-state index in [4.69, 9.17) is 16.3 Å². The van der Waals surface area contributed by atoms with Gasteiger partial charge in [-0.05, 0) is 42.2 Å². The minimum absolute atomic E-state index is 0.0494. The number of rotatable bonds is 4. The number of aromatic nitrogens is 1. The Morgan fingerprint density at radius 1 is 1.38 bits per heavy atom. The Morgan fingerprint density at radius 3 is 2.79 bits per heavy atom. The number of ether oxygens (including phenoxy) is 1. The number of nitrogens with zero attached hydrogens (tertiary/aromatic N) is 2. The van der Waals surface area contributed by atoms with Crippen LogP contribution in [-0.4, -0.2) is 29.4 Å². The molecule has 0 N–H and O–H groups in total. The number of pyridine rings is 1. The fourth-order valence-electron chi connectivity index (χ4n) is 2.85. The highest BCUT2D eigenvalue weighted by Gasteiger charge is 2.31. The molecule has 126 valence electrons. The number of anilines is 1. The summed E-state index contributed by atoms with van der Waals surface area (Å²) in [5, 5.41) is 0. The smallest absolute Gasteiger partial charge is 0.242 e. The molecule has 0 saturated heterocycles. The molecule has 2 heterocycles. The number of benzene rings is 1. The lowest BCUT2D eigenvalue weighted by molar-refractivity contribution is -0.117. The lowest BCUT2D eigenvalue weighted by Crippen LogP contribution is -2.47. The van der Waals surface area contributed by atoms with Gasteiger partial charge in [0.25, 0.3) is 0 Å². The molecule has 6 heteroatoms. The zero-order valence-corrected chi connectivity index (χ0v) is 14.1. The van der Waals surface area contributed by atoms with Crippen LogP contribution in [0.5, 0.6) is 5.88 Å². The monoisotopic (exact) mass is 348 g/mol. The van der Waals surface area contributed by atoms with Gasteiger partial charge < -0.3 is 9.64 Å². The van der Waals surface area contributed by atoms with Crippen molar-refractivity contribution in [2.24, 2.45) is 0 Å². The maximum Gasteiger partial charge on any atom is 0.242 e. The van der Waals surface area contributed by atoms with Crippen LogP contribution in [-0.2, 0) is 11.2 Å². The topological polar surface area (TPSA) is 42.4 Å². The van der Waals surface area contributed by atoms with Crippen LogP contribution in [0.25, 0.3) is 0 Å². The second-order valence-corrected chi connectivity index (χ2v) is 6.01. The SMILES string of the molecule is CC[C@H]1COc2ncc(Cc3ccc(F)cc3)cc2N1C(=O)CCl. The number of amides is 1. The first-order valence-electron chi connectivity index (χ1n) is 7.86. The third kappa shape index (κ3) is 3.36. The van der Waals surface area contributed by atoms with E-state index in [1.54, 1.807) is 23.2 Å². The van der Waals surface area contributed by atoms with E-state index in [9.17, 15) is 9.18 Å². The molecule has 1 aromatic carbocycles. The number of halogens is 2. The van der Waals surface area contributed by atoms with Gasteiger partial charge in [-0.1, -0.05) is 19.1 Å². The van der Waals surface area contributed by atoms with Crippen LogP contribution in [0.2, 0.25) is 0 Å². The van der Waals surface area contributed by atoms with Gasteiger partial charge in [-0.2, -0.15) is 0 Å². The largest absolute Gasteiger partial charge is 0.474 e. The van der Waals surface area contributed by atoms with Crippen molar-refractivity contribution in [3.8, 4) is 5.88 Å². The van der Waals surface area contributed by atoms with Gasteiger partial charge in [0.1, 0.15) is 24.0 Å². The molecule has 0 aliphatic carbocycles. The Labute approximate surface area is 145 Å². The van der Waals surface area contributed by atoms with Crippen molar-refractivity contribution in [1.29, 1.82) is 0 Å². The molecule has 1 aliphatic heterocycles. The van der Waals surface area contributed by atoms with E-state index < -0.39 is 0 Å². The van der Waals surface area contributed by atoms with Crippen LogP contribution in [0, 0.1) is 5.82 Å². The maximum atomic E-state index is 13.0. The van der Waals surface area contributed by atoms with Gasteiger partial charge in [-0.15, -0.1) is 11.6 Å². The molecule has 0 unspecified atom stereocenters. The Hall–Kier alpha value is -2.14. The number of alkyl halides is 1. The highest BCUT2D eigenvalue weighted by molar-refractivity contribution is 6.29. The molecule has 1 aromatic heterocycles. The molecular formula is C18H18ClFN2O2. The maximum absolute atomic E-state index is 13.0. The Balaban J connectivity index is 1.92. The van der Waals surface area contributed by atoms with Crippen molar-refractivity contribution in [1.82, 2.24) is 4.98 Å². The first kappa shape index (κ1) is 16.7. The lowest BCUT2D eigenvalue weighted by Gasteiger charge is -2.35. The predicted octanol–water partition coefficient (Wildman–Crippen LogP) is 3.55. The third-order valence-corrected chi connectivity index (χ3v) is 4.33. The summed E-state index contributed by atoms with van der Waals surface area (Å²) in [6.45, 7) is 2.42. The standard InChI is InChI=1S/C18H18ClFN2O2/c1-2-15-11-24-18-16(22(15)17(23)9-19)8-13(10-21-18)7-12-3-5-14(20)6-4-12/h3-6,8,10,15H,2,7,9,11H2,1H3/t15-/m0/s1. The minimum Gasteiger partial charge on any atom is -0.474 e. The summed E-state index contributed by atoms with van der Waals surface area (Å²) in [6.07, 6.45) is 3.09. The Bertz CT molecular complexity index is 736. The molecule has 2 aromatic rings. The quantitative estimate of drug-likeness (QED) is 0.793. The van der Waals surface area contributed by atoms with Gasteiger partial charge in [-0.25, -0.2) is 9.37 Å².